The summed E-state index contributed by atoms with van der Waals surface area (Å²) in [5.74, 6) is 0. The van der Waals surface area contributed by atoms with E-state index in [0.717, 1.165) is 0 Å². The molecule has 12 heavy (non-hydrogen) atoms. The molecule has 0 fully saturated rings. The first-order chi connectivity index (χ1) is 5.84. The van der Waals surface area contributed by atoms with Crippen LogP contribution < -0.4 is 0 Å². The van der Waals surface area contributed by atoms with Crippen LogP contribution in [0.5, 0.6) is 0 Å². The molecule has 1 heteroatoms. The molecule has 1 aliphatic rings. The molecule has 0 nitrogen and oxygen atoms in total. The van der Waals surface area contributed by atoms with Crippen LogP contribution in [0.25, 0.3) is 0 Å². The van der Waals surface area contributed by atoms with Gasteiger partial charge in [0.25, 0.3) is 0 Å². The van der Waals surface area contributed by atoms with Gasteiger partial charge in [0.05, 0.1) is 0 Å². The first-order valence-corrected chi connectivity index (χ1v) is 5.19. The van der Waals surface area contributed by atoms with Gasteiger partial charge in [-0.1, -0.05) is 0 Å². The van der Waals surface area contributed by atoms with E-state index in [4.69, 9.17) is 0 Å². The molecule has 0 unspecified atom stereocenters. The van der Waals surface area contributed by atoms with Crippen LogP contribution in [-0.4, -0.2) is 17.7 Å². The van der Waals surface area contributed by atoms with Gasteiger partial charge in [-0.3, -0.25) is 0 Å². The van der Waals surface area contributed by atoms with Crippen LogP contribution in [0.15, 0.2) is 22.0 Å². The van der Waals surface area contributed by atoms with E-state index in [1.165, 1.54) is 42.8 Å². The Balaban J connectivity index is 2.52. The summed E-state index contributed by atoms with van der Waals surface area (Å²) in [7, 11) is 0. The van der Waals surface area contributed by atoms with Crippen molar-refractivity contribution in [1.82, 2.24) is 0 Å². The van der Waals surface area contributed by atoms with Crippen LogP contribution >= 0.6 is 0 Å². The third kappa shape index (κ3) is 3.21. The molecule has 0 aliphatic heterocycles. The van der Waals surface area contributed by atoms with Gasteiger partial charge in [0.15, 0.2) is 0 Å². The van der Waals surface area contributed by atoms with E-state index in [0.29, 0.717) is 0 Å². The molecule has 0 atom stereocenters. The molecule has 0 saturated heterocycles. The zero-order valence-corrected chi connectivity index (χ0v) is 8.40. The van der Waals surface area contributed by atoms with Crippen molar-refractivity contribution in [3.63, 3.8) is 0 Å². The van der Waals surface area contributed by atoms with Gasteiger partial charge in [0.2, 0.25) is 0 Å². The number of hydrogen-bond acceptors (Lipinski definition) is 0. The predicted molar refractivity (Wildman–Crippen MR) is 55.3 cm³/mol. The molecule has 0 bridgehead atoms. The fraction of sp³-hybridized carbons (Fsp3) is 0.636. The molecule has 0 amide bonds. The molecule has 0 N–H and O–H groups in total. The minimum absolute atomic E-state index is 1.27. The number of hydrogen-bond donors (Lipinski definition) is 0. The minimum atomic E-state index is 1.27. The maximum absolute atomic E-state index is 2.31. The number of allylic oxidation sites excluding steroid dienone is 4. The summed E-state index contributed by atoms with van der Waals surface area (Å²) >= 11 is 2.26. The first kappa shape index (κ1) is 10.2. The Morgan fingerprint density at radius 1 is 1.50 bits per heavy atom. The molecule has 0 aromatic carbocycles. The standard InChI is InChI=1S/C11H17.Li/c1-2-3-8-11-9-6-4-5-7-10-11;/h4,6H,2-3,5,7-8,10H2,1H3;. The Labute approximate surface area is 85.3 Å². The van der Waals surface area contributed by atoms with E-state index in [1.807, 2.05) is 0 Å². The molecule has 62 valence electrons. The van der Waals surface area contributed by atoms with Gasteiger partial charge in [-0.15, -0.1) is 0 Å². The second-order valence-electron chi connectivity index (χ2n) is 3.68. The van der Waals surface area contributed by atoms with Crippen molar-refractivity contribution in [2.75, 3.05) is 0 Å². The third-order valence-corrected chi connectivity index (χ3v) is 2.61. The van der Waals surface area contributed by atoms with Crippen molar-refractivity contribution in [2.45, 2.75) is 45.4 Å². The molecular formula is C11H17Li. The molecule has 1 rings (SSSR count). The van der Waals surface area contributed by atoms with Crippen molar-refractivity contribution >= 4 is 17.7 Å². The second-order valence-corrected chi connectivity index (χ2v) is 3.68. The Bertz CT molecular complexity index is 189. The van der Waals surface area contributed by atoms with Gasteiger partial charge in [0, 0.05) is 0 Å². The van der Waals surface area contributed by atoms with E-state index in [2.05, 4.69) is 36.8 Å². The SMILES string of the molecule is [Li][C]1=C(CCCC)CCCC=C1. The summed E-state index contributed by atoms with van der Waals surface area (Å²) in [5.41, 5.74) is 1.70. The zero-order valence-electron chi connectivity index (χ0n) is 8.40. The molecular weight excluding hydrogens is 139 g/mol. The van der Waals surface area contributed by atoms with Crippen molar-refractivity contribution in [1.29, 1.82) is 0 Å². The van der Waals surface area contributed by atoms with Crippen molar-refractivity contribution in [3.05, 3.63) is 22.0 Å². The number of unbranched alkanes of at least 4 members (excludes halogenated alkanes) is 1. The number of rotatable bonds is 3. The van der Waals surface area contributed by atoms with Crippen molar-refractivity contribution in [2.24, 2.45) is 0 Å². The van der Waals surface area contributed by atoms with Crippen LogP contribution in [0.2, 0.25) is 0 Å². The Morgan fingerprint density at radius 2 is 2.33 bits per heavy atom. The average Bonchev–Trinajstić information content (AvgIpc) is 2.27. The van der Waals surface area contributed by atoms with Crippen LogP contribution in [0, 0.1) is 0 Å². The molecule has 0 aromatic rings. The zero-order chi connectivity index (χ0) is 8.81. The molecule has 0 saturated carbocycles. The van der Waals surface area contributed by atoms with Crippen molar-refractivity contribution < 1.29 is 0 Å². The normalized spacial score (nSPS) is 18.2. The summed E-state index contributed by atoms with van der Waals surface area (Å²) in [5, 5.41) is 0. The summed E-state index contributed by atoms with van der Waals surface area (Å²) < 4.78 is 1.53. The van der Waals surface area contributed by atoms with Gasteiger partial charge in [-0.2, -0.15) is 0 Å². The fourth-order valence-electron chi connectivity index (χ4n) is 1.72. The molecule has 0 spiro atoms. The maximum atomic E-state index is 2.31. The summed E-state index contributed by atoms with van der Waals surface area (Å²) in [6.07, 6.45) is 12.6. The molecule has 0 radical (unpaired) electrons. The van der Waals surface area contributed by atoms with E-state index in [1.54, 1.807) is 5.57 Å². The Hall–Kier alpha value is 0.0774. The quantitative estimate of drug-likeness (QED) is 0.550. The molecule has 0 aromatic heterocycles. The van der Waals surface area contributed by atoms with Crippen LogP contribution in [0.3, 0.4) is 0 Å². The van der Waals surface area contributed by atoms with E-state index in [9.17, 15) is 0 Å². The topological polar surface area (TPSA) is 0 Å². The van der Waals surface area contributed by atoms with Crippen LogP contribution in [-0.2, 0) is 0 Å². The summed E-state index contributed by atoms with van der Waals surface area (Å²) in [6, 6.07) is 0. The van der Waals surface area contributed by atoms with E-state index < -0.39 is 0 Å². The second kappa shape index (κ2) is 5.68. The Morgan fingerprint density at radius 3 is 3.08 bits per heavy atom. The summed E-state index contributed by atoms with van der Waals surface area (Å²) in [6.45, 7) is 2.27. The monoisotopic (exact) mass is 156 g/mol. The average molecular weight is 156 g/mol. The summed E-state index contributed by atoms with van der Waals surface area (Å²) in [4.78, 5) is 0. The molecule has 1 aliphatic carbocycles. The van der Waals surface area contributed by atoms with Crippen LogP contribution in [0.4, 0.5) is 0 Å². The molecule has 0 heterocycles. The predicted octanol–water partition coefficient (Wildman–Crippen LogP) is 3.34. The van der Waals surface area contributed by atoms with Gasteiger partial charge >= 0.3 is 85.1 Å². The van der Waals surface area contributed by atoms with Crippen LogP contribution in [0.1, 0.15) is 45.4 Å². The fourth-order valence-corrected chi connectivity index (χ4v) is 1.72. The van der Waals surface area contributed by atoms with Gasteiger partial charge < -0.3 is 0 Å². The Kier molecular flexibility index (Phi) is 4.81. The van der Waals surface area contributed by atoms with Gasteiger partial charge in [0.1, 0.15) is 0 Å². The third-order valence-electron chi connectivity index (χ3n) is 2.61. The van der Waals surface area contributed by atoms with Crippen molar-refractivity contribution in [3.8, 4) is 0 Å². The van der Waals surface area contributed by atoms with Gasteiger partial charge in [-0.05, 0) is 0 Å². The van der Waals surface area contributed by atoms with E-state index in [-0.39, 0.29) is 0 Å². The first-order valence-electron chi connectivity index (χ1n) is 5.19. The van der Waals surface area contributed by atoms with Gasteiger partial charge in [-0.25, -0.2) is 0 Å². The van der Waals surface area contributed by atoms with E-state index >= 15 is 0 Å².